The normalized spacial score (nSPS) is 24.4. The summed E-state index contributed by atoms with van der Waals surface area (Å²) in [6.07, 6.45) is 7.58. The van der Waals surface area contributed by atoms with Crippen molar-refractivity contribution in [2.75, 3.05) is 6.61 Å². The Hall–Kier alpha value is -1.63. The Kier molecular flexibility index (Phi) is 6.11. The molecule has 2 fully saturated rings. The van der Waals surface area contributed by atoms with Crippen LogP contribution in [0, 0.1) is 6.92 Å². The Bertz CT molecular complexity index is 816. The second kappa shape index (κ2) is 8.48. The van der Waals surface area contributed by atoms with Gasteiger partial charge in [0.15, 0.2) is 6.23 Å². The largest absolute Gasteiger partial charge is 0.465 e. The molecule has 2 aromatic rings. The third-order valence-electron chi connectivity index (χ3n) is 6.39. The van der Waals surface area contributed by atoms with Crippen molar-refractivity contribution < 1.29 is 9.15 Å². The van der Waals surface area contributed by atoms with Gasteiger partial charge in [-0.05, 0) is 84.9 Å². The third-order valence-corrected chi connectivity index (χ3v) is 6.39. The number of furan rings is 1. The zero-order valence-corrected chi connectivity index (χ0v) is 19.3. The highest BCUT2D eigenvalue weighted by Gasteiger charge is 2.40. The highest BCUT2D eigenvalue weighted by atomic mass is 16.5. The second-order valence-corrected chi connectivity index (χ2v) is 10.5. The van der Waals surface area contributed by atoms with Gasteiger partial charge in [0.1, 0.15) is 11.5 Å². The van der Waals surface area contributed by atoms with Gasteiger partial charge in [-0.1, -0.05) is 0 Å². The minimum atomic E-state index is 0.0670. The van der Waals surface area contributed by atoms with E-state index in [0.29, 0.717) is 6.04 Å². The van der Waals surface area contributed by atoms with Crippen LogP contribution in [0.4, 0.5) is 0 Å². The first-order valence-electron chi connectivity index (χ1n) is 11.4. The van der Waals surface area contributed by atoms with Gasteiger partial charge >= 0.3 is 0 Å². The summed E-state index contributed by atoms with van der Waals surface area (Å²) in [7, 11) is 0. The topological polar surface area (TPSA) is 55.5 Å². The van der Waals surface area contributed by atoms with Gasteiger partial charge < -0.3 is 14.5 Å². The van der Waals surface area contributed by atoms with Gasteiger partial charge in [-0.2, -0.15) is 5.10 Å². The fourth-order valence-electron chi connectivity index (χ4n) is 5.46. The van der Waals surface area contributed by atoms with Gasteiger partial charge in [-0.3, -0.25) is 4.90 Å². The Morgan fingerprint density at radius 1 is 1.10 bits per heavy atom. The molecule has 2 aliphatic heterocycles. The van der Waals surface area contributed by atoms with Crippen LogP contribution in [0.15, 0.2) is 28.8 Å². The van der Waals surface area contributed by atoms with E-state index >= 15 is 0 Å². The minimum absolute atomic E-state index is 0.0670. The molecule has 4 heterocycles. The molecular weight excluding hydrogens is 376 g/mol. The van der Waals surface area contributed by atoms with Crippen LogP contribution in [0.1, 0.15) is 83.2 Å². The molecule has 2 aromatic heterocycles. The van der Waals surface area contributed by atoms with Crippen molar-refractivity contribution >= 4 is 0 Å². The molecule has 0 spiro atoms. The quantitative estimate of drug-likeness (QED) is 0.736. The molecule has 166 valence electrons. The molecule has 1 unspecified atom stereocenters. The standard InChI is InChI=1S/C24H38N4O2/c1-18-9-10-21(30-18)17-27(20-14-23(2,3)26-24(4,5)15-20)16-19-11-12-25-28(19)22-8-6-7-13-29-22/h9-12,20,22,26H,6-8,13-17H2,1-5H3. The first-order chi connectivity index (χ1) is 14.2. The maximum atomic E-state index is 6.03. The summed E-state index contributed by atoms with van der Waals surface area (Å²) in [4.78, 5) is 2.58. The Labute approximate surface area is 181 Å². The van der Waals surface area contributed by atoms with Gasteiger partial charge in [0.25, 0.3) is 0 Å². The first kappa shape index (κ1) is 21.6. The Balaban J connectivity index is 1.59. The molecule has 30 heavy (non-hydrogen) atoms. The van der Waals surface area contributed by atoms with Crippen molar-refractivity contribution in [3.05, 3.63) is 41.6 Å². The maximum Gasteiger partial charge on any atom is 0.150 e. The molecule has 6 heteroatoms. The molecule has 4 rings (SSSR count). The van der Waals surface area contributed by atoms with E-state index in [-0.39, 0.29) is 17.3 Å². The van der Waals surface area contributed by atoms with Crippen LogP contribution < -0.4 is 5.32 Å². The number of rotatable bonds is 6. The molecule has 1 atom stereocenters. The number of aromatic nitrogens is 2. The van der Waals surface area contributed by atoms with Crippen molar-refractivity contribution in [2.45, 2.75) is 103 Å². The lowest BCUT2D eigenvalue weighted by Gasteiger charge is -2.49. The highest BCUT2D eigenvalue weighted by molar-refractivity contribution is 5.09. The molecule has 0 aromatic carbocycles. The third kappa shape index (κ3) is 5.16. The highest BCUT2D eigenvalue weighted by Crippen LogP contribution is 2.34. The summed E-state index contributed by atoms with van der Waals surface area (Å²) in [5.41, 5.74) is 1.41. The summed E-state index contributed by atoms with van der Waals surface area (Å²) in [6, 6.07) is 6.78. The van der Waals surface area contributed by atoms with E-state index in [9.17, 15) is 0 Å². The molecule has 0 amide bonds. The number of nitrogens with zero attached hydrogens (tertiary/aromatic N) is 3. The van der Waals surface area contributed by atoms with Crippen molar-refractivity contribution in [2.24, 2.45) is 0 Å². The number of ether oxygens (including phenoxy) is 1. The van der Waals surface area contributed by atoms with E-state index < -0.39 is 0 Å². The SMILES string of the molecule is Cc1ccc(CN(Cc2ccnn2C2CCCCO2)C2CC(C)(C)NC(C)(C)C2)o1. The van der Waals surface area contributed by atoms with Gasteiger partial charge in [0.05, 0.1) is 12.2 Å². The van der Waals surface area contributed by atoms with E-state index in [1.165, 1.54) is 12.1 Å². The number of piperidine rings is 1. The van der Waals surface area contributed by atoms with Crippen LogP contribution in [0.2, 0.25) is 0 Å². The number of hydrogen-bond acceptors (Lipinski definition) is 5. The smallest absolute Gasteiger partial charge is 0.150 e. The van der Waals surface area contributed by atoms with E-state index in [1.807, 2.05) is 13.1 Å². The molecule has 0 bridgehead atoms. The van der Waals surface area contributed by atoms with E-state index in [2.05, 4.69) is 65.9 Å². The molecule has 2 saturated heterocycles. The monoisotopic (exact) mass is 414 g/mol. The van der Waals surface area contributed by atoms with Gasteiger partial charge in [-0.15, -0.1) is 0 Å². The molecule has 0 saturated carbocycles. The Morgan fingerprint density at radius 3 is 2.50 bits per heavy atom. The summed E-state index contributed by atoms with van der Waals surface area (Å²) in [6.45, 7) is 13.8. The Morgan fingerprint density at radius 2 is 1.87 bits per heavy atom. The van der Waals surface area contributed by atoms with Crippen LogP contribution in [-0.2, 0) is 17.8 Å². The predicted octanol–water partition coefficient (Wildman–Crippen LogP) is 4.80. The van der Waals surface area contributed by atoms with Crippen LogP contribution in [0.25, 0.3) is 0 Å². The summed E-state index contributed by atoms with van der Waals surface area (Å²) in [5, 5.41) is 8.45. The van der Waals surface area contributed by atoms with Crippen molar-refractivity contribution in [3.8, 4) is 0 Å². The minimum Gasteiger partial charge on any atom is -0.465 e. The van der Waals surface area contributed by atoms with Crippen LogP contribution >= 0.6 is 0 Å². The van der Waals surface area contributed by atoms with Gasteiger partial charge in [0.2, 0.25) is 0 Å². The van der Waals surface area contributed by atoms with E-state index in [0.717, 1.165) is 56.9 Å². The van der Waals surface area contributed by atoms with Crippen LogP contribution in [-0.4, -0.2) is 38.4 Å². The van der Waals surface area contributed by atoms with Crippen LogP contribution in [0.3, 0.4) is 0 Å². The molecule has 0 radical (unpaired) electrons. The summed E-state index contributed by atoms with van der Waals surface area (Å²) < 4.78 is 14.1. The fraction of sp³-hybridized carbons (Fsp3) is 0.708. The fourth-order valence-corrected chi connectivity index (χ4v) is 5.46. The number of aryl methyl sites for hydroxylation is 1. The number of hydrogen-bond donors (Lipinski definition) is 1. The molecule has 2 aliphatic rings. The van der Waals surface area contributed by atoms with E-state index in [4.69, 9.17) is 9.15 Å². The van der Waals surface area contributed by atoms with Gasteiger partial charge in [-0.25, -0.2) is 4.68 Å². The zero-order valence-electron chi connectivity index (χ0n) is 19.3. The zero-order chi connectivity index (χ0) is 21.4. The van der Waals surface area contributed by atoms with E-state index in [1.54, 1.807) is 0 Å². The second-order valence-electron chi connectivity index (χ2n) is 10.5. The average molecular weight is 415 g/mol. The predicted molar refractivity (Wildman–Crippen MR) is 118 cm³/mol. The van der Waals surface area contributed by atoms with Crippen molar-refractivity contribution in [1.82, 2.24) is 20.0 Å². The molecular formula is C24H38N4O2. The summed E-state index contributed by atoms with van der Waals surface area (Å²) in [5.74, 6) is 2.00. The molecule has 6 nitrogen and oxygen atoms in total. The average Bonchev–Trinajstić information content (AvgIpc) is 3.28. The van der Waals surface area contributed by atoms with Gasteiger partial charge in [0, 0.05) is 36.5 Å². The molecule has 0 aliphatic carbocycles. The van der Waals surface area contributed by atoms with Crippen molar-refractivity contribution in [3.63, 3.8) is 0 Å². The van der Waals surface area contributed by atoms with Crippen LogP contribution in [0.5, 0.6) is 0 Å². The lowest BCUT2D eigenvalue weighted by atomic mass is 9.79. The lowest BCUT2D eigenvalue weighted by molar-refractivity contribution is -0.0432. The summed E-state index contributed by atoms with van der Waals surface area (Å²) >= 11 is 0. The maximum absolute atomic E-state index is 6.03. The van der Waals surface area contributed by atoms with Crippen molar-refractivity contribution in [1.29, 1.82) is 0 Å². The lowest BCUT2D eigenvalue weighted by Crippen LogP contribution is -2.62. The first-order valence-corrected chi connectivity index (χ1v) is 11.4. The molecule has 1 N–H and O–H groups in total. The number of nitrogens with one attached hydrogen (secondary N) is 1.